The highest BCUT2D eigenvalue weighted by Gasteiger charge is 2.44. The minimum absolute atomic E-state index is 0.121. The summed E-state index contributed by atoms with van der Waals surface area (Å²) in [5.41, 5.74) is -5.53. The summed E-state index contributed by atoms with van der Waals surface area (Å²) in [5, 5.41) is 0. The maximum absolute atomic E-state index is 10.7. The molecular weight excluding hydrogens is 253 g/mol. The molecule has 1 rings (SSSR count). The van der Waals surface area contributed by atoms with Crippen LogP contribution in [0.25, 0.3) is 0 Å². The van der Waals surface area contributed by atoms with Gasteiger partial charge >= 0.3 is 15.6 Å². The molecule has 16 heavy (non-hydrogen) atoms. The molecule has 0 bridgehead atoms. The van der Waals surface area contributed by atoms with Crippen LogP contribution in [0.4, 0.5) is 13.2 Å². The highest BCUT2D eigenvalue weighted by atomic mass is 32.2. The zero-order valence-electron chi connectivity index (χ0n) is 7.43. The lowest BCUT2D eigenvalue weighted by Gasteiger charge is -1.97. The van der Waals surface area contributed by atoms with E-state index in [1.165, 1.54) is 24.3 Å². The predicted molar refractivity (Wildman–Crippen MR) is 45.9 cm³/mol. The molecule has 1 aliphatic carbocycles. The highest BCUT2D eigenvalue weighted by molar-refractivity contribution is 7.86. The van der Waals surface area contributed by atoms with E-state index in [9.17, 15) is 22.8 Å². The molecule has 0 aromatic carbocycles. The van der Waals surface area contributed by atoms with E-state index in [2.05, 4.69) is 0 Å². The zero-order valence-corrected chi connectivity index (χ0v) is 8.25. The maximum atomic E-state index is 10.7. The molecule has 90 valence electrons. The molecule has 0 aliphatic heterocycles. The molecule has 0 aromatic heterocycles. The second-order valence-electron chi connectivity index (χ2n) is 2.39. The minimum atomic E-state index is -5.84. The third-order valence-electron chi connectivity index (χ3n) is 1.12. The van der Waals surface area contributed by atoms with Gasteiger partial charge in [-0.3, -0.25) is 14.1 Å². The average Bonchev–Trinajstić information content (AvgIpc) is 2.08. The van der Waals surface area contributed by atoms with E-state index in [1.807, 2.05) is 0 Å². The van der Waals surface area contributed by atoms with Crippen molar-refractivity contribution in [3.8, 4) is 0 Å². The number of halogens is 3. The molecule has 1 N–H and O–H groups in total. The van der Waals surface area contributed by atoms with Crippen molar-refractivity contribution in [3.63, 3.8) is 0 Å². The Morgan fingerprint density at radius 1 is 0.938 bits per heavy atom. The van der Waals surface area contributed by atoms with E-state index in [1.54, 1.807) is 0 Å². The molecule has 0 amide bonds. The molecule has 0 saturated carbocycles. The second kappa shape index (κ2) is 5.03. The van der Waals surface area contributed by atoms with Gasteiger partial charge < -0.3 is 0 Å². The number of carbonyl (C=O) groups is 2. The van der Waals surface area contributed by atoms with Gasteiger partial charge in [0.25, 0.3) is 0 Å². The Morgan fingerprint density at radius 2 is 1.12 bits per heavy atom. The van der Waals surface area contributed by atoms with Crippen LogP contribution in [-0.2, 0) is 19.7 Å². The molecular formula is C7H5F3O5S. The zero-order chi connectivity index (χ0) is 13.0. The fraction of sp³-hybridized carbons (Fsp3) is 0.143. The first-order valence-electron chi connectivity index (χ1n) is 3.52. The van der Waals surface area contributed by atoms with Gasteiger partial charge in [-0.2, -0.15) is 21.6 Å². The molecule has 0 atom stereocenters. The van der Waals surface area contributed by atoms with E-state index in [4.69, 9.17) is 13.0 Å². The van der Waals surface area contributed by atoms with E-state index < -0.39 is 15.6 Å². The van der Waals surface area contributed by atoms with Crippen molar-refractivity contribution < 1.29 is 35.7 Å². The minimum Gasteiger partial charge on any atom is -0.290 e. The summed E-state index contributed by atoms with van der Waals surface area (Å²) in [6, 6.07) is 0. The highest BCUT2D eigenvalue weighted by Crippen LogP contribution is 2.20. The van der Waals surface area contributed by atoms with Crippen LogP contribution in [0.15, 0.2) is 24.3 Å². The van der Waals surface area contributed by atoms with Gasteiger partial charge in [-0.1, -0.05) is 0 Å². The first kappa shape index (κ1) is 14.5. The molecule has 1 aliphatic rings. The maximum Gasteiger partial charge on any atom is 0.522 e. The van der Waals surface area contributed by atoms with Gasteiger partial charge in [0, 0.05) is 0 Å². The summed E-state index contributed by atoms with van der Waals surface area (Å²) in [7, 11) is -5.84. The van der Waals surface area contributed by atoms with Gasteiger partial charge in [0.1, 0.15) is 0 Å². The van der Waals surface area contributed by atoms with Crippen molar-refractivity contribution in [2.24, 2.45) is 0 Å². The molecule has 0 unspecified atom stereocenters. The lowest BCUT2D eigenvalue weighted by atomic mass is 10.2. The van der Waals surface area contributed by atoms with Crippen molar-refractivity contribution in [3.05, 3.63) is 24.3 Å². The Kier molecular flexibility index (Phi) is 4.57. The lowest BCUT2D eigenvalue weighted by molar-refractivity contribution is -0.113. The van der Waals surface area contributed by atoms with Gasteiger partial charge in [-0.25, -0.2) is 0 Å². The van der Waals surface area contributed by atoms with Crippen molar-refractivity contribution >= 4 is 21.7 Å². The van der Waals surface area contributed by atoms with Crippen LogP contribution in [0, 0.1) is 0 Å². The van der Waals surface area contributed by atoms with Crippen LogP contribution >= 0.6 is 0 Å². The first-order chi connectivity index (χ1) is 7.04. The SMILES string of the molecule is O=C1C=CC(=O)C=C1.O=S(=O)(O)C(F)(F)F. The molecule has 0 spiro atoms. The number of rotatable bonds is 0. The van der Waals surface area contributed by atoms with Gasteiger partial charge in [0.15, 0.2) is 11.6 Å². The first-order valence-corrected chi connectivity index (χ1v) is 4.96. The number of hydrogen-bond acceptors (Lipinski definition) is 4. The van der Waals surface area contributed by atoms with Crippen LogP contribution < -0.4 is 0 Å². The van der Waals surface area contributed by atoms with Crippen molar-refractivity contribution in [1.82, 2.24) is 0 Å². The van der Waals surface area contributed by atoms with E-state index in [-0.39, 0.29) is 11.6 Å². The van der Waals surface area contributed by atoms with Crippen LogP contribution in [-0.4, -0.2) is 30.0 Å². The summed E-state index contributed by atoms with van der Waals surface area (Å²) >= 11 is 0. The average molecular weight is 258 g/mol. The van der Waals surface area contributed by atoms with E-state index in [0.29, 0.717) is 0 Å². The molecule has 5 nitrogen and oxygen atoms in total. The lowest BCUT2D eigenvalue weighted by Crippen LogP contribution is -2.21. The Hall–Kier alpha value is -1.48. The van der Waals surface area contributed by atoms with Crippen LogP contribution in [0.3, 0.4) is 0 Å². The summed E-state index contributed by atoms with van der Waals surface area (Å²) in [4.78, 5) is 20.6. The number of carbonyl (C=O) groups excluding carboxylic acids is 2. The third-order valence-corrected chi connectivity index (χ3v) is 1.70. The summed E-state index contributed by atoms with van der Waals surface area (Å²) < 4.78 is 57.5. The summed E-state index contributed by atoms with van der Waals surface area (Å²) in [6.45, 7) is 0. The standard InChI is InChI=1S/C6H4O2.CHF3O3S/c7-5-1-2-6(8)4-3-5;2-1(3,4)8(5,6)7/h1-4H;(H,5,6,7). The topological polar surface area (TPSA) is 88.5 Å². The fourth-order valence-corrected chi connectivity index (χ4v) is 0.440. The predicted octanol–water partition coefficient (Wildman–Crippen LogP) is 0.645. The molecule has 0 saturated heterocycles. The van der Waals surface area contributed by atoms with Crippen LogP contribution in [0.5, 0.6) is 0 Å². The number of allylic oxidation sites excluding steroid dienone is 4. The van der Waals surface area contributed by atoms with Crippen molar-refractivity contribution in [2.75, 3.05) is 0 Å². The summed E-state index contributed by atoms with van der Waals surface area (Å²) in [5.74, 6) is -0.241. The van der Waals surface area contributed by atoms with E-state index >= 15 is 0 Å². The number of hydrogen-bond donors (Lipinski definition) is 1. The molecule has 0 fully saturated rings. The van der Waals surface area contributed by atoms with Crippen LogP contribution in [0.2, 0.25) is 0 Å². The van der Waals surface area contributed by atoms with Gasteiger partial charge in [0.05, 0.1) is 0 Å². The second-order valence-corrected chi connectivity index (χ2v) is 3.81. The van der Waals surface area contributed by atoms with Gasteiger partial charge in [0.2, 0.25) is 0 Å². The van der Waals surface area contributed by atoms with Gasteiger partial charge in [-0.05, 0) is 24.3 Å². The Morgan fingerprint density at radius 3 is 1.25 bits per heavy atom. The number of alkyl halides is 3. The third kappa shape index (κ3) is 5.41. The van der Waals surface area contributed by atoms with Gasteiger partial charge in [-0.15, -0.1) is 0 Å². The smallest absolute Gasteiger partial charge is 0.290 e. The monoisotopic (exact) mass is 258 g/mol. The van der Waals surface area contributed by atoms with E-state index in [0.717, 1.165) is 0 Å². The molecule has 0 heterocycles. The van der Waals surface area contributed by atoms with Crippen LogP contribution in [0.1, 0.15) is 0 Å². The Labute approximate surface area is 88.0 Å². The Bertz CT molecular complexity index is 405. The molecule has 9 heteroatoms. The van der Waals surface area contributed by atoms with Crippen molar-refractivity contribution in [1.29, 1.82) is 0 Å². The fourth-order valence-electron chi connectivity index (χ4n) is 0.440. The quantitative estimate of drug-likeness (QED) is 0.391. The normalized spacial score (nSPS) is 15.8. The molecule has 0 aromatic rings. The van der Waals surface area contributed by atoms with Crippen molar-refractivity contribution in [2.45, 2.75) is 5.51 Å². The summed E-state index contributed by atoms with van der Waals surface area (Å²) in [6.07, 6.45) is 5.01. The largest absolute Gasteiger partial charge is 0.522 e. The molecule has 0 radical (unpaired) electrons. The Balaban J connectivity index is 0.000000281. The number of ketones is 2.